The molecule has 10 heteroatoms. The number of benzene rings is 1. The maximum absolute atomic E-state index is 11.2. The first-order valence-corrected chi connectivity index (χ1v) is 10.7. The second-order valence-corrected chi connectivity index (χ2v) is 7.94. The molecule has 0 spiro atoms. The summed E-state index contributed by atoms with van der Waals surface area (Å²) in [5.74, 6) is 0. The molecule has 0 atom stereocenters. The number of hydrogen-bond donors (Lipinski definition) is 0. The van der Waals surface area contributed by atoms with Crippen LogP contribution in [0.5, 0.6) is 0 Å². The van der Waals surface area contributed by atoms with Crippen molar-refractivity contribution < 1.29 is 19.1 Å². The van der Waals surface area contributed by atoms with Crippen LogP contribution in [0, 0.1) is 20.2 Å². The van der Waals surface area contributed by atoms with E-state index in [-0.39, 0.29) is 11.4 Å². The number of likely N-dealkylation sites (N-methyl/N-ethyl adjacent to an activating group) is 1. The van der Waals surface area contributed by atoms with Gasteiger partial charge in [0, 0.05) is 31.2 Å². The van der Waals surface area contributed by atoms with E-state index in [1.54, 1.807) is 0 Å². The number of aryl methyl sites for hydroxylation is 1. The molecule has 0 saturated carbocycles. The smallest absolute Gasteiger partial charge is 0.279 e. The average Bonchev–Trinajstić information content (AvgIpc) is 2.72. The molecule has 0 unspecified atom stereocenters. The van der Waals surface area contributed by atoms with Crippen molar-refractivity contribution >= 4 is 17.4 Å². The first-order valence-electron chi connectivity index (χ1n) is 10.7. The molecule has 10 nitrogen and oxygen atoms in total. The molecule has 0 amide bonds. The Balaban J connectivity index is 2.21. The number of rotatable bonds is 16. The van der Waals surface area contributed by atoms with Gasteiger partial charge in [-0.2, -0.15) is 0 Å². The van der Waals surface area contributed by atoms with E-state index in [9.17, 15) is 20.2 Å². The Morgan fingerprint density at radius 3 is 2.45 bits per heavy atom. The fourth-order valence-electron chi connectivity index (χ4n) is 3.02. The highest BCUT2D eigenvalue weighted by Crippen LogP contribution is 2.26. The first kappa shape index (κ1) is 26.4. The van der Waals surface area contributed by atoms with E-state index in [2.05, 4.69) is 30.1 Å². The van der Waals surface area contributed by atoms with Crippen molar-refractivity contribution in [3.63, 3.8) is 0 Å². The molecular formula is C21H34N5O5+. The Morgan fingerprint density at radius 1 is 1.00 bits per heavy atom. The molecule has 0 N–H and O–H groups in total. The Labute approximate surface area is 183 Å². The van der Waals surface area contributed by atoms with Crippen LogP contribution in [0.4, 0.5) is 11.4 Å². The average molecular weight is 437 g/mol. The minimum Gasteiger partial charge on any atom is -0.376 e. The number of nitrogens with zero attached hydrogens (tertiary/aromatic N) is 5. The molecule has 1 aromatic carbocycles. The van der Waals surface area contributed by atoms with Gasteiger partial charge in [-0.15, -0.1) is 0 Å². The molecule has 0 fully saturated rings. The Hall–Kier alpha value is -2.68. The lowest BCUT2D eigenvalue weighted by Crippen LogP contribution is -2.43. The maximum Gasteiger partial charge on any atom is 0.279 e. The normalized spacial score (nSPS) is 11.1. The first-order chi connectivity index (χ1) is 14.8. The van der Waals surface area contributed by atoms with E-state index >= 15 is 0 Å². The number of hydrogen-bond acceptors (Lipinski definition) is 7. The number of non-ortho nitro benzene ring substituents is 1. The molecule has 0 heterocycles. The Bertz CT molecular complexity index is 775. The highest BCUT2D eigenvalue weighted by Gasteiger charge is 2.19. The van der Waals surface area contributed by atoms with Gasteiger partial charge < -0.3 is 9.22 Å². The highest BCUT2D eigenvalue weighted by atomic mass is 16.6. The minimum absolute atomic E-state index is 0.186. The van der Waals surface area contributed by atoms with Crippen LogP contribution in [0.25, 0.3) is 0 Å². The van der Waals surface area contributed by atoms with Crippen LogP contribution in [0.1, 0.15) is 38.2 Å². The summed E-state index contributed by atoms with van der Waals surface area (Å²) in [6.07, 6.45) is 4.02. The fourth-order valence-corrected chi connectivity index (χ4v) is 3.02. The summed E-state index contributed by atoms with van der Waals surface area (Å²) >= 11 is 0. The minimum atomic E-state index is -0.621. The van der Waals surface area contributed by atoms with Gasteiger partial charge in [0.15, 0.2) is 0 Å². The summed E-state index contributed by atoms with van der Waals surface area (Å²) in [5, 5.41) is 22.0. The van der Waals surface area contributed by atoms with E-state index in [1.165, 1.54) is 12.1 Å². The molecule has 0 aliphatic heterocycles. The highest BCUT2D eigenvalue weighted by molar-refractivity contribution is 5.49. The van der Waals surface area contributed by atoms with Gasteiger partial charge >= 0.3 is 0 Å². The summed E-state index contributed by atoms with van der Waals surface area (Å²) in [6, 6.07) is 6.51. The third kappa shape index (κ3) is 11.3. The SMILES string of the molecule is CCN=C=NCCC[N+](C)(C)CCOCCCCCc1ccc([N+](=O)[O-])cc1[N+](=O)[O-]. The Kier molecular flexibility index (Phi) is 12.2. The van der Waals surface area contributed by atoms with E-state index in [1.807, 2.05) is 6.92 Å². The van der Waals surface area contributed by atoms with Gasteiger partial charge in [0.2, 0.25) is 0 Å². The van der Waals surface area contributed by atoms with Gasteiger partial charge in [-0.3, -0.25) is 20.2 Å². The predicted octanol–water partition coefficient (Wildman–Crippen LogP) is 3.89. The van der Waals surface area contributed by atoms with Crippen LogP contribution in [0.3, 0.4) is 0 Å². The lowest BCUT2D eigenvalue weighted by Gasteiger charge is -2.29. The maximum atomic E-state index is 11.2. The largest absolute Gasteiger partial charge is 0.376 e. The van der Waals surface area contributed by atoms with Crippen molar-refractivity contribution in [1.29, 1.82) is 0 Å². The number of ether oxygens (including phenoxy) is 1. The number of unbranched alkanes of at least 4 members (excludes halogenated alkanes) is 2. The molecule has 0 aliphatic carbocycles. The third-order valence-electron chi connectivity index (χ3n) is 4.89. The van der Waals surface area contributed by atoms with E-state index in [0.717, 1.165) is 55.9 Å². The van der Waals surface area contributed by atoms with E-state index < -0.39 is 9.85 Å². The summed E-state index contributed by atoms with van der Waals surface area (Å²) in [7, 11) is 4.34. The zero-order chi connectivity index (χ0) is 23.1. The zero-order valence-corrected chi connectivity index (χ0v) is 18.8. The van der Waals surface area contributed by atoms with Crippen molar-refractivity contribution in [2.75, 3.05) is 53.5 Å². The van der Waals surface area contributed by atoms with Crippen molar-refractivity contribution in [3.8, 4) is 0 Å². The van der Waals surface area contributed by atoms with Gasteiger partial charge in [-0.25, -0.2) is 9.98 Å². The second-order valence-electron chi connectivity index (χ2n) is 7.94. The quantitative estimate of drug-likeness (QED) is 0.128. The van der Waals surface area contributed by atoms with Crippen LogP contribution in [0.15, 0.2) is 28.2 Å². The monoisotopic (exact) mass is 436 g/mol. The Morgan fingerprint density at radius 2 is 1.77 bits per heavy atom. The number of nitro groups is 2. The van der Waals surface area contributed by atoms with E-state index in [4.69, 9.17) is 4.74 Å². The predicted molar refractivity (Wildman–Crippen MR) is 120 cm³/mol. The van der Waals surface area contributed by atoms with E-state index in [0.29, 0.717) is 31.7 Å². The fraction of sp³-hybridized carbons (Fsp3) is 0.667. The van der Waals surface area contributed by atoms with Crippen LogP contribution >= 0.6 is 0 Å². The molecule has 172 valence electrons. The van der Waals surface area contributed by atoms with Gasteiger partial charge in [0.1, 0.15) is 6.54 Å². The lowest BCUT2D eigenvalue weighted by molar-refractivity contribution is -0.890. The third-order valence-corrected chi connectivity index (χ3v) is 4.89. The van der Waals surface area contributed by atoms with Gasteiger partial charge in [-0.1, -0.05) is 6.42 Å². The molecule has 1 aromatic rings. The molecule has 0 aromatic heterocycles. The van der Waals surface area contributed by atoms with Crippen LogP contribution in [-0.4, -0.2) is 73.8 Å². The molecular weight excluding hydrogens is 402 g/mol. The molecule has 31 heavy (non-hydrogen) atoms. The molecule has 0 saturated heterocycles. The van der Waals surface area contributed by atoms with Gasteiger partial charge in [0.25, 0.3) is 11.4 Å². The van der Waals surface area contributed by atoms with Crippen molar-refractivity contribution in [3.05, 3.63) is 44.0 Å². The summed E-state index contributed by atoms with van der Waals surface area (Å²) in [4.78, 5) is 28.8. The standard InChI is InChI=1S/C21H34N5O5/c1-4-22-18-23-12-8-13-26(2,3)14-16-31-15-7-5-6-9-19-10-11-20(24(27)28)17-21(19)25(29)30/h10-11,17H,4-9,12-16H2,1-3H3/q+1. The molecule has 0 bridgehead atoms. The zero-order valence-electron chi connectivity index (χ0n) is 18.8. The van der Waals surface area contributed by atoms with Crippen LogP contribution in [-0.2, 0) is 11.2 Å². The summed E-state index contributed by atoms with van der Waals surface area (Å²) in [5.41, 5.74) is 0.0814. The van der Waals surface area contributed by atoms with Crippen LogP contribution in [0.2, 0.25) is 0 Å². The summed E-state index contributed by atoms with van der Waals surface area (Å²) in [6.45, 7) is 6.66. The summed E-state index contributed by atoms with van der Waals surface area (Å²) < 4.78 is 6.60. The van der Waals surface area contributed by atoms with Crippen LogP contribution < -0.4 is 0 Å². The van der Waals surface area contributed by atoms with Crippen molar-refractivity contribution in [2.24, 2.45) is 9.98 Å². The topological polar surface area (TPSA) is 120 Å². The van der Waals surface area contributed by atoms with Gasteiger partial charge in [-0.05, 0) is 32.3 Å². The van der Waals surface area contributed by atoms with Gasteiger partial charge in [0.05, 0.1) is 55.7 Å². The van der Waals surface area contributed by atoms with Crippen molar-refractivity contribution in [1.82, 2.24) is 0 Å². The number of nitro benzene ring substituents is 2. The van der Waals surface area contributed by atoms with Crippen molar-refractivity contribution in [2.45, 2.75) is 39.0 Å². The lowest BCUT2D eigenvalue weighted by atomic mass is 10.0. The number of quaternary nitrogens is 1. The number of aliphatic imine (C=N–C) groups is 2. The molecule has 1 rings (SSSR count). The molecule has 0 radical (unpaired) electrons. The second kappa shape index (κ2) is 14.3. The molecule has 0 aliphatic rings.